The van der Waals surface area contributed by atoms with Crippen molar-refractivity contribution in [2.24, 2.45) is 0 Å². The average molecular weight is 282 g/mol. The summed E-state index contributed by atoms with van der Waals surface area (Å²) in [6.07, 6.45) is 1.52. The van der Waals surface area contributed by atoms with Crippen molar-refractivity contribution < 1.29 is 17.6 Å². The molecule has 0 spiro atoms. The third-order valence-electron chi connectivity index (χ3n) is 2.48. The van der Waals surface area contributed by atoms with E-state index in [0.29, 0.717) is 11.4 Å². The van der Waals surface area contributed by atoms with Crippen LogP contribution in [-0.4, -0.2) is 15.5 Å². The van der Waals surface area contributed by atoms with Gasteiger partial charge in [0.15, 0.2) is 0 Å². The maximum Gasteiger partial charge on any atom is 0.244 e. The molecule has 0 saturated heterocycles. The summed E-state index contributed by atoms with van der Waals surface area (Å²) in [5, 5.41) is 0. The molecule has 0 fully saturated rings. The van der Waals surface area contributed by atoms with E-state index in [1.54, 1.807) is 18.2 Å². The lowest BCUT2D eigenvalue weighted by Crippen LogP contribution is -2.19. The minimum absolute atomic E-state index is 0.00144. The topological polar surface area (TPSA) is 94.6 Å². The van der Waals surface area contributed by atoms with Crippen LogP contribution in [0.4, 0.5) is 5.69 Å². The molecular weight excluding hydrogens is 268 g/mol. The maximum atomic E-state index is 11.9. The Morgan fingerprint density at radius 3 is 2.79 bits per heavy atom. The second kappa shape index (κ2) is 5.33. The number of nitrogens with two attached hydrogens (primary N) is 1. The minimum Gasteiger partial charge on any atom is -0.484 e. The van der Waals surface area contributed by atoms with Crippen molar-refractivity contribution in [3.63, 3.8) is 0 Å². The molecule has 1 heterocycles. The first-order chi connectivity index (χ1) is 9.03. The fourth-order valence-electron chi connectivity index (χ4n) is 1.51. The summed E-state index contributed by atoms with van der Waals surface area (Å²) in [7, 11) is -2.30. The SMILES string of the molecule is CNS(=O)(=O)c1cc(N)ccc1OCc1ccco1. The highest BCUT2D eigenvalue weighted by Gasteiger charge is 2.18. The average Bonchev–Trinajstić information content (AvgIpc) is 2.90. The van der Waals surface area contributed by atoms with Crippen LogP contribution in [0.15, 0.2) is 45.9 Å². The van der Waals surface area contributed by atoms with Gasteiger partial charge in [0.05, 0.1) is 6.26 Å². The van der Waals surface area contributed by atoms with Crippen LogP contribution in [0.2, 0.25) is 0 Å². The Kier molecular flexibility index (Phi) is 3.77. The predicted octanol–water partition coefficient (Wildman–Crippen LogP) is 1.35. The van der Waals surface area contributed by atoms with Crippen LogP contribution < -0.4 is 15.2 Å². The van der Waals surface area contributed by atoms with E-state index in [2.05, 4.69) is 4.72 Å². The second-order valence-corrected chi connectivity index (χ2v) is 5.64. The van der Waals surface area contributed by atoms with Crippen molar-refractivity contribution in [3.8, 4) is 5.75 Å². The van der Waals surface area contributed by atoms with Crippen LogP contribution in [0.5, 0.6) is 5.75 Å². The minimum atomic E-state index is -3.63. The van der Waals surface area contributed by atoms with Crippen molar-refractivity contribution in [1.29, 1.82) is 0 Å². The van der Waals surface area contributed by atoms with Crippen molar-refractivity contribution in [3.05, 3.63) is 42.4 Å². The summed E-state index contributed by atoms with van der Waals surface area (Å²) in [4.78, 5) is 0.00144. The summed E-state index contributed by atoms with van der Waals surface area (Å²) >= 11 is 0. The number of anilines is 1. The van der Waals surface area contributed by atoms with E-state index in [1.165, 1.54) is 25.4 Å². The Morgan fingerprint density at radius 2 is 2.16 bits per heavy atom. The quantitative estimate of drug-likeness (QED) is 0.807. The number of rotatable bonds is 5. The molecule has 0 saturated carbocycles. The summed E-state index contributed by atoms with van der Waals surface area (Å²) in [6.45, 7) is 0.142. The highest BCUT2D eigenvalue weighted by Crippen LogP contribution is 2.26. The van der Waals surface area contributed by atoms with E-state index in [9.17, 15) is 8.42 Å². The largest absolute Gasteiger partial charge is 0.484 e. The molecule has 0 unspecified atom stereocenters. The molecule has 1 aromatic heterocycles. The number of furan rings is 1. The molecule has 6 nitrogen and oxygen atoms in total. The molecule has 7 heteroatoms. The normalized spacial score (nSPS) is 11.4. The number of hydrogen-bond donors (Lipinski definition) is 2. The molecule has 0 aliphatic carbocycles. The molecule has 3 N–H and O–H groups in total. The van der Waals surface area contributed by atoms with E-state index < -0.39 is 10.0 Å². The number of benzene rings is 1. The molecule has 19 heavy (non-hydrogen) atoms. The first-order valence-corrected chi connectivity index (χ1v) is 6.99. The van der Waals surface area contributed by atoms with Crippen LogP contribution in [0.25, 0.3) is 0 Å². The van der Waals surface area contributed by atoms with E-state index in [4.69, 9.17) is 14.9 Å². The Hall–Kier alpha value is -1.99. The van der Waals surface area contributed by atoms with Crippen LogP contribution in [0, 0.1) is 0 Å². The van der Waals surface area contributed by atoms with Gasteiger partial charge in [-0.05, 0) is 37.4 Å². The molecule has 2 aromatic rings. The van der Waals surface area contributed by atoms with Gasteiger partial charge in [-0.25, -0.2) is 13.1 Å². The summed E-state index contributed by atoms with van der Waals surface area (Å²) in [5.74, 6) is 0.824. The monoisotopic (exact) mass is 282 g/mol. The van der Waals surface area contributed by atoms with Gasteiger partial charge in [0, 0.05) is 5.69 Å². The molecule has 0 radical (unpaired) electrons. The zero-order valence-corrected chi connectivity index (χ0v) is 11.1. The van der Waals surface area contributed by atoms with E-state index in [0.717, 1.165) is 0 Å². The van der Waals surface area contributed by atoms with E-state index in [-0.39, 0.29) is 17.3 Å². The van der Waals surface area contributed by atoms with Gasteiger partial charge >= 0.3 is 0 Å². The first-order valence-electron chi connectivity index (χ1n) is 5.51. The van der Waals surface area contributed by atoms with Gasteiger partial charge in [-0.15, -0.1) is 0 Å². The van der Waals surface area contributed by atoms with Gasteiger partial charge in [0.1, 0.15) is 23.0 Å². The third-order valence-corrected chi connectivity index (χ3v) is 3.91. The van der Waals surface area contributed by atoms with Crippen LogP contribution in [-0.2, 0) is 16.6 Å². The third kappa shape index (κ3) is 3.07. The molecule has 1 aromatic carbocycles. The molecule has 102 valence electrons. The van der Waals surface area contributed by atoms with Crippen LogP contribution in [0.1, 0.15) is 5.76 Å². The highest BCUT2D eigenvalue weighted by molar-refractivity contribution is 7.89. The summed E-state index contributed by atoms with van der Waals surface area (Å²) in [5.41, 5.74) is 5.95. The maximum absolute atomic E-state index is 11.9. The Bertz CT molecular complexity index is 650. The standard InChI is InChI=1S/C12H14N2O4S/c1-14-19(15,16)12-7-9(13)4-5-11(12)18-8-10-3-2-6-17-10/h2-7,14H,8,13H2,1H3. The Morgan fingerprint density at radius 1 is 1.37 bits per heavy atom. The zero-order chi connectivity index (χ0) is 13.9. The summed E-state index contributed by atoms with van der Waals surface area (Å²) in [6, 6.07) is 7.91. The van der Waals surface area contributed by atoms with Gasteiger partial charge in [-0.1, -0.05) is 0 Å². The fraction of sp³-hybridized carbons (Fsp3) is 0.167. The number of hydrogen-bond acceptors (Lipinski definition) is 5. The predicted molar refractivity (Wildman–Crippen MR) is 70.1 cm³/mol. The van der Waals surface area contributed by atoms with Crippen LogP contribution in [0.3, 0.4) is 0 Å². The van der Waals surface area contributed by atoms with Gasteiger partial charge in [-0.3, -0.25) is 0 Å². The fourth-order valence-corrected chi connectivity index (χ4v) is 2.41. The zero-order valence-electron chi connectivity index (χ0n) is 10.3. The molecule has 0 aliphatic heterocycles. The van der Waals surface area contributed by atoms with Crippen LogP contribution >= 0.6 is 0 Å². The number of sulfonamides is 1. The van der Waals surface area contributed by atoms with Crippen molar-refractivity contribution in [1.82, 2.24) is 4.72 Å². The van der Waals surface area contributed by atoms with Crippen molar-refractivity contribution >= 4 is 15.7 Å². The Labute approximate surface area is 111 Å². The van der Waals surface area contributed by atoms with Gasteiger partial charge in [0.25, 0.3) is 0 Å². The van der Waals surface area contributed by atoms with E-state index >= 15 is 0 Å². The molecule has 0 aliphatic rings. The highest BCUT2D eigenvalue weighted by atomic mass is 32.2. The van der Waals surface area contributed by atoms with Crippen molar-refractivity contribution in [2.75, 3.05) is 12.8 Å². The van der Waals surface area contributed by atoms with E-state index in [1.807, 2.05) is 0 Å². The van der Waals surface area contributed by atoms with Gasteiger partial charge in [-0.2, -0.15) is 0 Å². The van der Waals surface area contributed by atoms with Crippen molar-refractivity contribution in [2.45, 2.75) is 11.5 Å². The summed E-state index contributed by atoms with van der Waals surface area (Å²) < 4.78 is 36.5. The lowest BCUT2D eigenvalue weighted by atomic mass is 10.3. The number of nitrogen functional groups attached to an aromatic ring is 1. The molecular formula is C12H14N2O4S. The molecule has 2 rings (SSSR count). The van der Waals surface area contributed by atoms with Gasteiger partial charge < -0.3 is 14.9 Å². The number of nitrogens with one attached hydrogen (secondary N) is 1. The first kappa shape index (κ1) is 13.4. The number of ether oxygens (including phenoxy) is 1. The lowest BCUT2D eigenvalue weighted by Gasteiger charge is -2.11. The molecule has 0 atom stereocenters. The second-order valence-electron chi connectivity index (χ2n) is 3.78. The Balaban J connectivity index is 2.30. The van der Waals surface area contributed by atoms with Gasteiger partial charge in [0.2, 0.25) is 10.0 Å². The smallest absolute Gasteiger partial charge is 0.244 e. The molecule has 0 amide bonds. The lowest BCUT2D eigenvalue weighted by molar-refractivity contribution is 0.264. The molecule has 0 bridgehead atoms.